The number of nitrogens with one attached hydrogen (secondary N) is 1. The fourth-order valence-corrected chi connectivity index (χ4v) is 4.68. The number of hydrogen-bond acceptors (Lipinski definition) is 2. The van der Waals surface area contributed by atoms with Gasteiger partial charge in [-0.15, -0.1) is 0 Å². The van der Waals surface area contributed by atoms with Crippen molar-refractivity contribution in [3.63, 3.8) is 0 Å². The van der Waals surface area contributed by atoms with Crippen LogP contribution in [0, 0.1) is 17.3 Å². The molecule has 0 radical (unpaired) electrons. The first-order valence-corrected chi connectivity index (χ1v) is 9.49. The zero-order valence-electron chi connectivity index (χ0n) is 15.0. The van der Waals surface area contributed by atoms with Gasteiger partial charge in [0.05, 0.1) is 0 Å². The normalized spacial score (nSPS) is 29.6. The second-order valence-corrected chi connectivity index (χ2v) is 8.46. The third-order valence-electron chi connectivity index (χ3n) is 5.67. The summed E-state index contributed by atoms with van der Waals surface area (Å²) in [6, 6.07) is 0.917. The molecule has 2 heteroatoms. The van der Waals surface area contributed by atoms with Crippen LogP contribution in [0.3, 0.4) is 0 Å². The molecular weight excluding hydrogens is 256 g/mol. The lowest BCUT2D eigenvalue weighted by Crippen LogP contribution is -2.46. The van der Waals surface area contributed by atoms with Crippen LogP contribution >= 0.6 is 0 Å². The molecule has 1 aliphatic carbocycles. The lowest BCUT2D eigenvalue weighted by molar-refractivity contribution is 0.110. The Bertz CT molecular complexity index is 302. The van der Waals surface area contributed by atoms with Gasteiger partial charge in [-0.25, -0.2) is 0 Å². The average molecular weight is 295 g/mol. The zero-order valence-corrected chi connectivity index (χ0v) is 15.0. The van der Waals surface area contributed by atoms with Gasteiger partial charge in [-0.2, -0.15) is 0 Å². The molecule has 21 heavy (non-hydrogen) atoms. The zero-order chi connectivity index (χ0) is 15.3. The first kappa shape index (κ1) is 17.3. The predicted octanol–water partition coefficient (Wildman–Crippen LogP) is 4.30. The lowest BCUT2D eigenvalue weighted by Gasteiger charge is -2.39. The van der Waals surface area contributed by atoms with Gasteiger partial charge < -0.3 is 5.32 Å². The fraction of sp³-hybridized carbons (Fsp3) is 1.00. The standard InChI is InChI=1S/C19H38N2/c1-5-11-19(4,14-20-13-16(2)3)15-21-12-10-17-8-6-7-9-18(17)21/h16-18,20H,5-15H2,1-4H3. The summed E-state index contributed by atoms with van der Waals surface area (Å²) < 4.78 is 0. The van der Waals surface area contributed by atoms with Crippen molar-refractivity contribution in [2.75, 3.05) is 26.2 Å². The third-order valence-corrected chi connectivity index (χ3v) is 5.67. The van der Waals surface area contributed by atoms with Gasteiger partial charge in [0.1, 0.15) is 0 Å². The summed E-state index contributed by atoms with van der Waals surface area (Å²) >= 11 is 0. The van der Waals surface area contributed by atoms with Crippen molar-refractivity contribution in [3.05, 3.63) is 0 Å². The van der Waals surface area contributed by atoms with Crippen molar-refractivity contribution in [2.24, 2.45) is 17.3 Å². The molecule has 0 amide bonds. The smallest absolute Gasteiger partial charge is 0.0124 e. The Labute approximate surface area is 133 Å². The molecule has 3 atom stereocenters. The number of hydrogen-bond donors (Lipinski definition) is 1. The van der Waals surface area contributed by atoms with Crippen LogP contribution in [0.4, 0.5) is 0 Å². The Morgan fingerprint density at radius 1 is 1.19 bits per heavy atom. The maximum Gasteiger partial charge on any atom is 0.0124 e. The highest BCUT2D eigenvalue weighted by Gasteiger charge is 2.38. The topological polar surface area (TPSA) is 15.3 Å². The van der Waals surface area contributed by atoms with Crippen LogP contribution in [0.1, 0.15) is 72.6 Å². The van der Waals surface area contributed by atoms with Gasteiger partial charge in [0.15, 0.2) is 0 Å². The van der Waals surface area contributed by atoms with E-state index in [1.807, 2.05) is 0 Å². The lowest BCUT2D eigenvalue weighted by atomic mass is 9.82. The van der Waals surface area contributed by atoms with Gasteiger partial charge in [-0.05, 0) is 56.0 Å². The number of likely N-dealkylation sites (tertiary alicyclic amines) is 1. The van der Waals surface area contributed by atoms with E-state index >= 15 is 0 Å². The maximum absolute atomic E-state index is 3.73. The largest absolute Gasteiger partial charge is 0.316 e. The molecule has 1 saturated heterocycles. The van der Waals surface area contributed by atoms with Crippen LogP contribution < -0.4 is 5.32 Å². The Kier molecular flexibility index (Phi) is 6.55. The Balaban J connectivity index is 1.88. The van der Waals surface area contributed by atoms with Crippen LogP contribution in [0.15, 0.2) is 0 Å². The molecule has 2 fully saturated rings. The summed E-state index contributed by atoms with van der Waals surface area (Å²) in [6.45, 7) is 14.5. The fourth-order valence-electron chi connectivity index (χ4n) is 4.68. The van der Waals surface area contributed by atoms with Crippen molar-refractivity contribution in [1.82, 2.24) is 10.2 Å². The molecule has 1 heterocycles. The first-order valence-electron chi connectivity index (χ1n) is 9.49. The van der Waals surface area contributed by atoms with Crippen molar-refractivity contribution in [2.45, 2.75) is 78.7 Å². The number of fused-ring (bicyclic) bond motifs is 1. The molecule has 0 spiro atoms. The van der Waals surface area contributed by atoms with Crippen LogP contribution in [0.25, 0.3) is 0 Å². The first-order chi connectivity index (χ1) is 10.0. The van der Waals surface area contributed by atoms with E-state index in [0.29, 0.717) is 5.41 Å². The minimum Gasteiger partial charge on any atom is -0.316 e. The SMILES string of the molecule is CCCC(C)(CNCC(C)C)CN1CCC2CCCCC21. The molecule has 0 aromatic heterocycles. The van der Waals surface area contributed by atoms with Crippen molar-refractivity contribution < 1.29 is 0 Å². The number of nitrogens with zero attached hydrogens (tertiary/aromatic N) is 1. The molecule has 3 unspecified atom stereocenters. The van der Waals surface area contributed by atoms with Gasteiger partial charge in [-0.3, -0.25) is 4.90 Å². The van der Waals surface area contributed by atoms with Gasteiger partial charge in [0, 0.05) is 19.1 Å². The summed E-state index contributed by atoms with van der Waals surface area (Å²) in [5.41, 5.74) is 0.454. The van der Waals surface area contributed by atoms with Gasteiger partial charge in [0.25, 0.3) is 0 Å². The summed E-state index contributed by atoms with van der Waals surface area (Å²) in [6.07, 6.45) is 10.0. The summed E-state index contributed by atoms with van der Waals surface area (Å²) in [4.78, 5) is 2.86. The summed E-state index contributed by atoms with van der Waals surface area (Å²) in [7, 11) is 0. The van der Waals surface area contributed by atoms with E-state index in [4.69, 9.17) is 0 Å². The van der Waals surface area contributed by atoms with Crippen LogP contribution in [-0.4, -0.2) is 37.1 Å². The maximum atomic E-state index is 3.73. The average Bonchev–Trinajstić information content (AvgIpc) is 2.82. The van der Waals surface area contributed by atoms with Gasteiger partial charge in [0.2, 0.25) is 0 Å². The van der Waals surface area contributed by atoms with E-state index in [1.54, 1.807) is 0 Å². The Hall–Kier alpha value is -0.0800. The third kappa shape index (κ3) is 4.96. The monoisotopic (exact) mass is 294 g/mol. The molecule has 0 aromatic rings. The molecule has 2 aliphatic rings. The minimum absolute atomic E-state index is 0.454. The molecular formula is C19H38N2. The van der Waals surface area contributed by atoms with Crippen LogP contribution in [-0.2, 0) is 0 Å². The van der Waals surface area contributed by atoms with E-state index in [-0.39, 0.29) is 0 Å². The molecule has 1 N–H and O–H groups in total. The van der Waals surface area contributed by atoms with Gasteiger partial charge >= 0.3 is 0 Å². The molecule has 1 saturated carbocycles. The summed E-state index contributed by atoms with van der Waals surface area (Å²) in [5, 5.41) is 3.73. The Morgan fingerprint density at radius 2 is 1.95 bits per heavy atom. The summed E-state index contributed by atoms with van der Waals surface area (Å²) in [5.74, 6) is 1.78. The molecule has 2 rings (SSSR count). The molecule has 0 bridgehead atoms. The van der Waals surface area contributed by atoms with E-state index in [2.05, 4.69) is 37.9 Å². The van der Waals surface area contributed by atoms with Crippen LogP contribution in [0.5, 0.6) is 0 Å². The second-order valence-electron chi connectivity index (χ2n) is 8.46. The van der Waals surface area contributed by atoms with E-state index < -0.39 is 0 Å². The predicted molar refractivity (Wildman–Crippen MR) is 92.7 cm³/mol. The number of rotatable bonds is 8. The van der Waals surface area contributed by atoms with E-state index in [9.17, 15) is 0 Å². The van der Waals surface area contributed by atoms with Crippen molar-refractivity contribution in [3.8, 4) is 0 Å². The highest BCUT2D eigenvalue weighted by atomic mass is 15.2. The van der Waals surface area contributed by atoms with Crippen molar-refractivity contribution >= 4 is 0 Å². The molecule has 1 aliphatic heterocycles. The highest BCUT2D eigenvalue weighted by Crippen LogP contribution is 2.38. The van der Waals surface area contributed by atoms with Crippen molar-refractivity contribution in [1.29, 1.82) is 0 Å². The van der Waals surface area contributed by atoms with Crippen LogP contribution in [0.2, 0.25) is 0 Å². The Morgan fingerprint density at radius 3 is 2.67 bits per heavy atom. The van der Waals surface area contributed by atoms with E-state index in [0.717, 1.165) is 24.4 Å². The highest BCUT2D eigenvalue weighted by molar-refractivity contribution is 4.93. The molecule has 0 aromatic carbocycles. The van der Waals surface area contributed by atoms with E-state index in [1.165, 1.54) is 64.6 Å². The van der Waals surface area contributed by atoms with Gasteiger partial charge in [-0.1, -0.05) is 47.0 Å². The quantitative estimate of drug-likeness (QED) is 0.718. The molecule has 124 valence electrons. The molecule has 2 nitrogen and oxygen atoms in total. The minimum atomic E-state index is 0.454. The second kappa shape index (κ2) is 7.97.